The van der Waals surface area contributed by atoms with E-state index in [1.165, 1.54) is 72.2 Å². The lowest BCUT2D eigenvalue weighted by atomic mass is 10.4. The number of carbonyl (C=O) groups is 3. The Morgan fingerprint density at radius 2 is 0.647 bits per heavy atom. The van der Waals surface area contributed by atoms with Crippen molar-refractivity contribution in [3.05, 3.63) is 146 Å². The molecule has 0 spiro atoms. The molecule has 0 aliphatic carbocycles. The number of carboxylic acids is 3. The van der Waals surface area contributed by atoms with Crippen LogP contribution < -0.4 is 14.7 Å². The SMILES string of the molecule is CN(C)c1ccncc1.CN(C)c1ccncc1.CN(C)c1ccncc1.O=C(O)c1ccco1.O=C(O)c1ccco1.O=C(O)c1ccco1. The van der Waals surface area contributed by atoms with Crippen molar-refractivity contribution in [3.8, 4) is 0 Å². The summed E-state index contributed by atoms with van der Waals surface area (Å²) in [5.74, 6) is -3.17. The zero-order chi connectivity index (χ0) is 38.0. The molecule has 0 radical (unpaired) electrons. The summed E-state index contributed by atoms with van der Waals surface area (Å²) in [4.78, 5) is 47.7. The molecule has 6 heterocycles. The van der Waals surface area contributed by atoms with Crippen molar-refractivity contribution in [2.45, 2.75) is 0 Å². The van der Waals surface area contributed by atoms with E-state index in [9.17, 15) is 14.4 Å². The smallest absolute Gasteiger partial charge is 0.371 e. The van der Waals surface area contributed by atoms with Gasteiger partial charge in [0.15, 0.2) is 0 Å². The first-order valence-corrected chi connectivity index (χ1v) is 14.9. The van der Waals surface area contributed by atoms with E-state index in [-0.39, 0.29) is 17.3 Å². The van der Waals surface area contributed by atoms with E-state index in [0.29, 0.717) is 0 Å². The maximum atomic E-state index is 9.97. The number of rotatable bonds is 6. The Kier molecular flexibility index (Phi) is 20.0. The Balaban J connectivity index is 0.000000306. The van der Waals surface area contributed by atoms with Crippen LogP contribution >= 0.6 is 0 Å². The first-order valence-electron chi connectivity index (χ1n) is 14.9. The quantitative estimate of drug-likeness (QED) is 0.173. The molecule has 0 fully saturated rings. The molecule has 51 heavy (non-hydrogen) atoms. The van der Waals surface area contributed by atoms with Gasteiger partial charge in [0.25, 0.3) is 0 Å². The zero-order valence-electron chi connectivity index (χ0n) is 29.1. The second kappa shape index (κ2) is 24.3. The minimum absolute atomic E-state index is 0.0231. The maximum absolute atomic E-state index is 9.97. The highest BCUT2D eigenvalue weighted by Crippen LogP contribution is 2.07. The third kappa shape index (κ3) is 18.9. The van der Waals surface area contributed by atoms with Crippen molar-refractivity contribution >= 4 is 35.0 Å². The van der Waals surface area contributed by atoms with E-state index in [1.54, 1.807) is 37.2 Å². The van der Waals surface area contributed by atoms with Crippen LogP contribution in [0.25, 0.3) is 0 Å². The van der Waals surface area contributed by atoms with Gasteiger partial charge in [-0.05, 0) is 72.8 Å². The molecule has 0 aliphatic heterocycles. The topological polar surface area (TPSA) is 200 Å². The molecule has 3 N–H and O–H groups in total. The van der Waals surface area contributed by atoms with Crippen LogP contribution in [0.3, 0.4) is 0 Å². The summed E-state index contributed by atoms with van der Waals surface area (Å²) in [5, 5.41) is 24.5. The van der Waals surface area contributed by atoms with Gasteiger partial charge >= 0.3 is 17.9 Å². The van der Waals surface area contributed by atoms with E-state index in [2.05, 4.69) is 28.2 Å². The van der Waals surface area contributed by atoms with Gasteiger partial charge in [-0.15, -0.1) is 0 Å². The largest absolute Gasteiger partial charge is 0.475 e. The fourth-order valence-corrected chi connectivity index (χ4v) is 3.13. The number of pyridine rings is 3. The van der Waals surface area contributed by atoms with Crippen molar-refractivity contribution in [2.24, 2.45) is 0 Å². The van der Waals surface area contributed by atoms with Crippen molar-refractivity contribution in [1.29, 1.82) is 0 Å². The summed E-state index contributed by atoms with van der Waals surface area (Å²) < 4.78 is 13.5. The van der Waals surface area contributed by atoms with Crippen LogP contribution in [0.4, 0.5) is 17.1 Å². The van der Waals surface area contributed by atoms with Gasteiger partial charge in [-0.3, -0.25) is 15.0 Å². The zero-order valence-corrected chi connectivity index (χ0v) is 29.1. The Bertz CT molecular complexity index is 1520. The fraction of sp³-hybridized carbons (Fsp3) is 0.167. The lowest BCUT2D eigenvalue weighted by Crippen LogP contribution is -2.07. The Morgan fingerprint density at radius 3 is 0.745 bits per heavy atom. The Morgan fingerprint density at radius 1 is 0.431 bits per heavy atom. The molecule has 0 saturated carbocycles. The highest BCUT2D eigenvalue weighted by molar-refractivity contribution is 5.84. The lowest BCUT2D eigenvalue weighted by molar-refractivity contribution is 0.0652. The van der Waals surface area contributed by atoms with Crippen LogP contribution in [0.15, 0.2) is 142 Å². The summed E-state index contributed by atoms with van der Waals surface area (Å²) in [5.41, 5.74) is 3.56. The van der Waals surface area contributed by atoms with Crippen molar-refractivity contribution in [2.75, 3.05) is 57.0 Å². The summed E-state index contributed by atoms with van der Waals surface area (Å²) in [6.07, 6.45) is 14.7. The van der Waals surface area contributed by atoms with E-state index in [0.717, 1.165) is 0 Å². The van der Waals surface area contributed by atoms with Crippen molar-refractivity contribution in [1.82, 2.24) is 15.0 Å². The maximum Gasteiger partial charge on any atom is 0.371 e. The molecule has 6 rings (SSSR count). The number of nitrogens with zero attached hydrogens (tertiary/aromatic N) is 6. The predicted octanol–water partition coefficient (Wildman–Crippen LogP) is 6.38. The Labute approximate surface area is 295 Å². The van der Waals surface area contributed by atoms with Gasteiger partial charge in [0.1, 0.15) is 0 Å². The molecule has 0 bridgehead atoms. The van der Waals surface area contributed by atoms with Crippen LogP contribution in [0.2, 0.25) is 0 Å². The molecule has 6 aromatic heterocycles. The predicted molar refractivity (Wildman–Crippen MR) is 193 cm³/mol. The molecule has 0 atom stereocenters. The lowest BCUT2D eigenvalue weighted by Gasteiger charge is -2.10. The fourth-order valence-electron chi connectivity index (χ4n) is 3.13. The Hall–Kier alpha value is -6.90. The van der Waals surface area contributed by atoms with E-state index < -0.39 is 17.9 Å². The number of hydrogen-bond donors (Lipinski definition) is 3. The van der Waals surface area contributed by atoms with E-state index >= 15 is 0 Å². The molecule has 0 saturated heterocycles. The normalized spacial score (nSPS) is 9.06. The minimum Gasteiger partial charge on any atom is -0.475 e. The van der Waals surface area contributed by atoms with Gasteiger partial charge in [-0.2, -0.15) is 0 Å². The van der Waals surface area contributed by atoms with Crippen molar-refractivity contribution < 1.29 is 43.0 Å². The molecule has 0 aromatic carbocycles. The van der Waals surface area contributed by atoms with Gasteiger partial charge in [-0.1, -0.05) is 0 Å². The average molecular weight is 703 g/mol. The van der Waals surface area contributed by atoms with E-state index in [1.807, 2.05) is 93.4 Å². The molecular weight excluding hydrogens is 660 g/mol. The summed E-state index contributed by atoms with van der Waals surface area (Å²) >= 11 is 0. The third-order valence-corrected chi connectivity index (χ3v) is 5.73. The third-order valence-electron chi connectivity index (χ3n) is 5.73. The molecular formula is C36H42N6O9. The molecule has 6 aromatic rings. The summed E-state index contributed by atoms with van der Waals surface area (Å²) in [6, 6.07) is 20.6. The van der Waals surface area contributed by atoms with Gasteiger partial charge < -0.3 is 43.3 Å². The van der Waals surface area contributed by atoms with Crippen LogP contribution in [-0.4, -0.2) is 90.5 Å². The van der Waals surface area contributed by atoms with Crippen LogP contribution in [0.5, 0.6) is 0 Å². The molecule has 270 valence electrons. The average Bonchev–Trinajstić information content (AvgIpc) is 3.96. The van der Waals surface area contributed by atoms with Crippen molar-refractivity contribution in [3.63, 3.8) is 0 Å². The van der Waals surface area contributed by atoms with Gasteiger partial charge in [0.05, 0.1) is 18.8 Å². The highest BCUT2D eigenvalue weighted by atomic mass is 16.4. The second-order valence-electron chi connectivity index (χ2n) is 10.1. The molecule has 15 heteroatoms. The first kappa shape index (κ1) is 42.1. The second-order valence-corrected chi connectivity index (χ2v) is 10.1. The summed E-state index contributed by atoms with van der Waals surface area (Å²) in [7, 11) is 12.1. The molecule has 0 unspecified atom stereocenters. The van der Waals surface area contributed by atoms with Gasteiger partial charge in [0, 0.05) is 96.5 Å². The van der Waals surface area contributed by atoms with E-state index in [4.69, 9.17) is 15.3 Å². The van der Waals surface area contributed by atoms with Gasteiger partial charge in [-0.25, -0.2) is 14.4 Å². The molecule has 15 nitrogen and oxygen atoms in total. The minimum atomic E-state index is -1.03. The number of aromatic nitrogens is 3. The standard InChI is InChI=1S/3C7H10N2.3C5H4O3/c3*1-9(2)7-3-5-8-6-4-7;3*6-5(7)4-2-1-3-8-4/h3*3-6H,1-2H3;3*1-3H,(H,6,7). The van der Waals surface area contributed by atoms with Gasteiger partial charge in [0.2, 0.25) is 17.3 Å². The van der Waals surface area contributed by atoms with Crippen LogP contribution in [0.1, 0.15) is 31.7 Å². The summed E-state index contributed by atoms with van der Waals surface area (Å²) in [6.45, 7) is 0. The van der Waals surface area contributed by atoms with Crippen LogP contribution in [0, 0.1) is 0 Å². The number of carboxylic acid groups (broad SMARTS) is 3. The first-order chi connectivity index (χ1) is 24.3. The number of aromatic carboxylic acids is 3. The molecule has 0 amide bonds. The number of furan rings is 3. The monoisotopic (exact) mass is 702 g/mol. The highest BCUT2D eigenvalue weighted by Gasteiger charge is 2.03. The number of anilines is 3. The van der Waals surface area contributed by atoms with Crippen LogP contribution in [-0.2, 0) is 0 Å². The molecule has 0 aliphatic rings. The number of hydrogen-bond acceptors (Lipinski definition) is 12.